The molecule has 0 spiro atoms. The lowest BCUT2D eigenvalue weighted by molar-refractivity contribution is 0.514. The summed E-state index contributed by atoms with van der Waals surface area (Å²) in [6, 6.07) is 1.89. The summed E-state index contributed by atoms with van der Waals surface area (Å²) >= 11 is 1.92. The van der Waals surface area contributed by atoms with Crippen LogP contribution in [-0.2, 0) is 20.6 Å². The Balaban J connectivity index is 2.64. The van der Waals surface area contributed by atoms with Crippen molar-refractivity contribution in [1.82, 2.24) is 14.5 Å². The zero-order valence-electron chi connectivity index (χ0n) is 12.1. The monoisotopic (exact) mass is 285 g/mol. The molecular weight excluding hydrogens is 262 g/mol. The van der Waals surface area contributed by atoms with Gasteiger partial charge in [0.2, 0.25) is 0 Å². The maximum absolute atomic E-state index is 11.8. The van der Waals surface area contributed by atoms with Gasteiger partial charge in [0.1, 0.15) is 0 Å². The minimum absolute atomic E-state index is 0.255. The minimum Gasteiger partial charge on any atom is -0.309 e. The summed E-state index contributed by atoms with van der Waals surface area (Å²) < 4.78 is 2.63. The van der Waals surface area contributed by atoms with Gasteiger partial charge in [-0.2, -0.15) is 11.8 Å². The molecule has 0 aromatic carbocycles. The van der Waals surface area contributed by atoms with Gasteiger partial charge in [0, 0.05) is 38.4 Å². The number of thioether (sulfide) groups is 1. The molecule has 1 unspecified atom stereocenters. The molecule has 0 saturated heterocycles. The molecule has 1 rings (SSSR count). The maximum Gasteiger partial charge on any atom is 0.330 e. The van der Waals surface area contributed by atoms with Crippen molar-refractivity contribution >= 4 is 11.8 Å². The molecule has 0 aliphatic carbocycles. The van der Waals surface area contributed by atoms with Crippen molar-refractivity contribution in [3.8, 4) is 0 Å². The normalized spacial score (nSPS) is 12.6. The van der Waals surface area contributed by atoms with Crippen molar-refractivity contribution in [3.63, 3.8) is 0 Å². The van der Waals surface area contributed by atoms with E-state index in [9.17, 15) is 9.59 Å². The third-order valence-corrected chi connectivity index (χ3v) is 4.09. The average molecular weight is 285 g/mol. The topological polar surface area (TPSA) is 56.0 Å². The Morgan fingerprint density at radius 3 is 2.63 bits per heavy atom. The molecule has 0 saturated carbocycles. The fraction of sp³-hybridized carbons (Fsp3) is 0.692. The predicted octanol–water partition coefficient (Wildman–Crippen LogP) is 0.705. The Morgan fingerprint density at radius 1 is 1.32 bits per heavy atom. The molecule has 1 aromatic rings. The van der Waals surface area contributed by atoms with Crippen LogP contribution in [0.25, 0.3) is 0 Å². The molecule has 19 heavy (non-hydrogen) atoms. The zero-order chi connectivity index (χ0) is 14.4. The number of nitrogens with one attached hydrogen (secondary N) is 1. The van der Waals surface area contributed by atoms with Crippen molar-refractivity contribution in [2.24, 2.45) is 14.1 Å². The van der Waals surface area contributed by atoms with E-state index in [2.05, 4.69) is 19.2 Å². The van der Waals surface area contributed by atoms with Crippen LogP contribution < -0.4 is 16.6 Å². The molecule has 108 valence electrons. The van der Waals surface area contributed by atoms with Crippen LogP contribution in [0.2, 0.25) is 0 Å². The summed E-state index contributed by atoms with van der Waals surface area (Å²) in [4.78, 5) is 23.3. The molecule has 6 heteroatoms. The van der Waals surface area contributed by atoms with E-state index >= 15 is 0 Å². The third kappa shape index (κ3) is 4.54. The molecule has 1 atom stereocenters. The first-order valence-electron chi connectivity index (χ1n) is 6.54. The van der Waals surface area contributed by atoms with Gasteiger partial charge in [-0.05, 0) is 24.9 Å². The van der Waals surface area contributed by atoms with E-state index in [-0.39, 0.29) is 11.2 Å². The van der Waals surface area contributed by atoms with Crippen LogP contribution in [0.3, 0.4) is 0 Å². The van der Waals surface area contributed by atoms with Gasteiger partial charge in [0.05, 0.1) is 0 Å². The van der Waals surface area contributed by atoms with Crippen LogP contribution in [0.1, 0.15) is 26.0 Å². The van der Waals surface area contributed by atoms with Gasteiger partial charge in [-0.3, -0.25) is 13.9 Å². The Hall–Kier alpha value is -1.01. The summed E-state index contributed by atoms with van der Waals surface area (Å²) in [6.45, 7) is 4.81. The number of nitrogens with zero attached hydrogens (tertiary/aromatic N) is 2. The van der Waals surface area contributed by atoms with Crippen molar-refractivity contribution < 1.29 is 0 Å². The maximum atomic E-state index is 11.8. The van der Waals surface area contributed by atoms with Crippen LogP contribution in [0, 0.1) is 0 Å². The Morgan fingerprint density at radius 2 is 2.00 bits per heavy atom. The van der Waals surface area contributed by atoms with Crippen molar-refractivity contribution in [2.45, 2.75) is 32.9 Å². The van der Waals surface area contributed by atoms with Gasteiger partial charge in [-0.1, -0.05) is 6.92 Å². The molecule has 5 nitrogen and oxygen atoms in total. The molecule has 0 aliphatic heterocycles. The fourth-order valence-electron chi connectivity index (χ4n) is 1.73. The van der Waals surface area contributed by atoms with Gasteiger partial charge < -0.3 is 5.32 Å². The summed E-state index contributed by atoms with van der Waals surface area (Å²) in [6.07, 6.45) is 1.08. The van der Waals surface area contributed by atoms with Gasteiger partial charge >= 0.3 is 5.69 Å². The smallest absolute Gasteiger partial charge is 0.309 e. The molecule has 0 radical (unpaired) electrons. The van der Waals surface area contributed by atoms with Gasteiger partial charge in [0.15, 0.2) is 0 Å². The van der Waals surface area contributed by atoms with Crippen LogP contribution in [0.15, 0.2) is 15.7 Å². The molecule has 1 aromatic heterocycles. The van der Waals surface area contributed by atoms with Gasteiger partial charge in [0.25, 0.3) is 5.56 Å². The van der Waals surface area contributed by atoms with Crippen LogP contribution in [0.5, 0.6) is 0 Å². The quantitative estimate of drug-likeness (QED) is 0.750. The lowest BCUT2D eigenvalue weighted by atomic mass is 10.2. The predicted molar refractivity (Wildman–Crippen MR) is 80.8 cm³/mol. The zero-order valence-corrected chi connectivity index (χ0v) is 12.9. The molecule has 0 fully saturated rings. The van der Waals surface area contributed by atoms with E-state index in [0.717, 1.165) is 28.2 Å². The highest BCUT2D eigenvalue weighted by Gasteiger charge is 2.07. The molecule has 0 aliphatic rings. The second kappa shape index (κ2) is 7.55. The van der Waals surface area contributed by atoms with Gasteiger partial charge in [-0.25, -0.2) is 4.79 Å². The standard InChI is InChI=1S/C13H23N3O2S/c1-5-19-7-6-10(2)14-9-11-8-12(17)16(4)13(18)15(11)3/h8,10,14H,5-7,9H2,1-4H3. The van der Waals surface area contributed by atoms with E-state index in [1.54, 1.807) is 7.05 Å². The SMILES string of the molecule is CCSCCC(C)NCc1cc(=O)n(C)c(=O)n1C. The Kier molecular flexibility index (Phi) is 6.37. The first kappa shape index (κ1) is 16.0. The van der Waals surface area contributed by atoms with Crippen molar-refractivity contribution in [1.29, 1.82) is 0 Å². The summed E-state index contributed by atoms with van der Waals surface area (Å²) in [5.41, 5.74) is 0.190. The van der Waals surface area contributed by atoms with E-state index < -0.39 is 0 Å². The molecule has 1 N–H and O–H groups in total. The second-order valence-electron chi connectivity index (χ2n) is 4.64. The van der Waals surface area contributed by atoms with Crippen LogP contribution in [-0.4, -0.2) is 26.7 Å². The first-order chi connectivity index (χ1) is 8.97. The molecule has 0 amide bonds. The molecular formula is C13H23N3O2S. The Bertz CT molecular complexity index is 522. The number of hydrogen-bond acceptors (Lipinski definition) is 4. The Labute approximate surface area is 118 Å². The third-order valence-electron chi connectivity index (χ3n) is 3.16. The molecule has 0 bridgehead atoms. The highest BCUT2D eigenvalue weighted by atomic mass is 32.2. The largest absolute Gasteiger partial charge is 0.330 e. The lowest BCUT2D eigenvalue weighted by Crippen LogP contribution is -2.39. The number of rotatable bonds is 7. The summed E-state index contributed by atoms with van der Waals surface area (Å²) in [7, 11) is 3.18. The van der Waals surface area contributed by atoms with E-state index in [1.165, 1.54) is 17.7 Å². The van der Waals surface area contributed by atoms with Crippen LogP contribution >= 0.6 is 11.8 Å². The lowest BCUT2D eigenvalue weighted by Gasteiger charge is -2.15. The fourth-order valence-corrected chi connectivity index (χ4v) is 2.54. The first-order valence-corrected chi connectivity index (χ1v) is 7.69. The van der Waals surface area contributed by atoms with Crippen molar-refractivity contribution in [2.75, 3.05) is 11.5 Å². The van der Waals surface area contributed by atoms with Gasteiger partial charge in [-0.15, -0.1) is 0 Å². The second-order valence-corrected chi connectivity index (χ2v) is 6.04. The van der Waals surface area contributed by atoms with Crippen molar-refractivity contribution in [3.05, 3.63) is 32.6 Å². The van der Waals surface area contributed by atoms with E-state index in [0.29, 0.717) is 12.6 Å². The molecule has 1 heterocycles. The summed E-state index contributed by atoms with van der Waals surface area (Å²) in [5, 5.41) is 3.35. The van der Waals surface area contributed by atoms with E-state index in [1.807, 2.05) is 11.8 Å². The number of aromatic nitrogens is 2. The minimum atomic E-state index is -0.279. The van der Waals surface area contributed by atoms with E-state index in [4.69, 9.17) is 0 Å². The van der Waals surface area contributed by atoms with Crippen LogP contribution in [0.4, 0.5) is 0 Å². The average Bonchev–Trinajstić information content (AvgIpc) is 2.39. The summed E-state index contributed by atoms with van der Waals surface area (Å²) in [5.74, 6) is 2.26. The highest BCUT2D eigenvalue weighted by molar-refractivity contribution is 7.99. The highest BCUT2D eigenvalue weighted by Crippen LogP contribution is 2.04. The number of hydrogen-bond donors (Lipinski definition) is 1.